The number of aliphatic hydroxyl groups is 2. The quantitative estimate of drug-likeness (QED) is 0.709. The van der Waals surface area contributed by atoms with Crippen LogP contribution in [-0.4, -0.2) is 33.8 Å². The molecule has 3 N–H and O–H groups in total. The van der Waals surface area contributed by atoms with Gasteiger partial charge in [0, 0.05) is 28.3 Å². The largest absolute Gasteiger partial charge is 0.396 e. The number of amides is 1. The van der Waals surface area contributed by atoms with E-state index >= 15 is 0 Å². The van der Waals surface area contributed by atoms with Crippen molar-refractivity contribution in [3.05, 3.63) is 45.9 Å². The van der Waals surface area contributed by atoms with Crippen LogP contribution in [0.4, 0.5) is 5.69 Å². The molecule has 0 radical (unpaired) electrons. The lowest BCUT2D eigenvalue weighted by Crippen LogP contribution is -2.57. The van der Waals surface area contributed by atoms with Crippen molar-refractivity contribution in [3.8, 4) is 0 Å². The highest BCUT2D eigenvalue weighted by Crippen LogP contribution is 2.62. The van der Waals surface area contributed by atoms with E-state index in [0.29, 0.717) is 12.8 Å². The van der Waals surface area contributed by atoms with E-state index in [-0.39, 0.29) is 29.8 Å². The molecule has 0 bridgehead atoms. The second-order valence-electron chi connectivity index (χ2n) is 9.19. The number of hydrogen-bond acceptors (Lipinski definition) is 5. The van der Waals surface area contributed by atoms with Crippen molar-refractivity contribution in [1.82, 2.24) is 4.98 Å². The molecule has 0 unspecified atom stereocenters. The summed E-state index contributed by atoms with van der Waals surface area (Å²) in [5.74, 6) is 0.0606. The van der Waals surface area contributed by atoms with Gasteiger partial charge in [0.15, 0.2) is 0 Å². The molecule has 0 aliphatic heterocycles. The normalized spacial score (nSPS) is 33.6. The summed E-state index contributed by atoms with van der Waals surface area (Å²) in [6.45, 7) is 6.19. The molecule has 1 fully saturated rings. The van der Waals surface area contributed by atoms with Gasteiger partial charge < -0.3 is 15.5 Å². The summed E-state index contributed by atoms with van der Waals surface area (Å²) in [7, 11) is 0. The SMILES string of the molecule is Cc1nc2c(s1)C[C@@H]1[C@](C)(CO)[C@H](O)CC[C@@]1(C)[C@@H]2CC(=O)Nc1ccccc1. The molecular formula is C23H30N2O3S. The van der Waals surface area contributed by atoms with Gasteiger partial charge in [0.05, 0.1) is 23.4 Å². The molecule has 2 aromatic rings. The zero-order valence-corrected chi connectivity index (χ0v) is 18.1. The minimum atomic E-state index is -0.573. The number of para-hydroxylation sites is 1. The lowest BCUT2D eigenvalue weighted by atomic mass is 9.47. The fourth-order valence-corrected chi connectivity index (χ4v) is 6.73. The Bertz CT molecular complexity index is 899. The molecule has 6 heteroatoms. The number of aryl methyl sites for hydroxylation is 1. The van der Waals surface area contributed by atoms with E-state index in [2.05, 4.69) is 12.2 Å². The number of nitrogens with zero attached hydrogens (tertiary/aromatic N) is 1. The fourth-order valence-electron chi connectivity index (χ4n) is 5.69. The summed E-state index contributed by atoms with van der Waals surface area (Å²) in [5, 5.41) is 25.0. The Morgan fingerprint density at radius 3 is 2.72 bits per heavy atom. The van der Waals surface area contributed by atoms with Crippen LogP contribution in [0.25, 0.3) is 0 Å². The Morgan fingerprint density at radius 1 is 1.31 bits per heavy atom. The Balaban J connectivity index is 1.70. The molecule has 2 aliphatic rings. The molecular weight excluding hydrogens is 384 g/mol. The first-order valence-electron chi connectivity index (χ1n) is 10.4. The summed E-state index contributed by atoms with van der Waals surface area (Å²) >= 11 is 1.69. The average molecular weight is 415 g/mol. The van der Waals surface area contributed by atoms with Crippen LogP contribution in [0.5, 0.6) is 0 Å². The number of thiazole rings is 1. The van der Waals surface area contributed by atoms with Gasteiger partial charge in [-0.15, -0.1) is 11.3 Å². The molecule has 5 nitrogen and oxygen atoms in total. The van der Waals surface area contributed by atoms with E-state index in [1.54, 1.807) is 11.3 Å². The summed E-state index contributed by atoms with van der Waals surface area (Å²) in [5.41, 5.74) is 1.07. The number of aromatic nitrogens is 1. The molecule has 1 aromatic heterocycles. The minimum absolute atomic E-state index is 0.0171. The number of benzene rings is 1. The van der Waals surface area contributed by atoms with Crippen LogP contribution in [-0.2, 0) is 11.2 Å². The first kappa shape index (κ1) is 20.5. The van der Waals surface area contributed by atoms with Crippen LogP contribution < -0.4 is 5.32 Å². The van der Waals surface area contributed by atoms with Crippen LogP contribution >= 0.6 is 11.3 Å². The number of aliphatic hydroxyl groups excluding tert-OH is 2. The predicted molar refractivity (Wildman–Crippen MR) is 115 cm³/mol. The Morgan fingerprint density at radius 2 is 2.03 bits per heavy atom. The van der Waals surface area contributed by atoms with Gasteiger partial charge in [-0.2, -0.15) is 0 Å². The number of anilines is 1. The molecule has 1 amide bonds. The van der Waals surface area contributed by atoms with E-state index in [4.69, 9.17) is 4.98 Å². The third-order valence-corrected chi connectivity index (χ3v) is 8.46. The van der Waals surface area contributed by atoms with Crippen molar-refractivity contribution < 1.29 is 15.0 Å². The number of carbonyl (C=O) groups excluding carboxylic acids is 1. The summed E-state index contributed by atoms with van der Waals surface area (Å²) < 4.78 is 0. The van der Waals surface area contributed by atoms with Crippen LogP contribution in [0, 0.1) is 23.7 Å². The van der Waals surface area contributed by atoms with Crippen LogP contribution in [0.15, 0.2) is 30.3 Å². The Hall–Kier alpha value is -1.76. The highest BCUT2D eigenvalue weighted by molar-refractivity contribution is 7.11. The number of hydrogen-bond donors (Lipinski definition) is 3. The third kappa shape index (κ3) is 3.41. The maximum atomic E-state index is 13.0. The van der Waals surface area contributed by atoms with Crippen molar-refractivity contribution in [1.29, 1.82) is 0 Å². The van der Waals surface area contributed by atoms with Crippen LogP contribution in [0.3, 0.4) is 0 Å². The molecule has 2 aliphatic carbocycles. The van der Waals surface area contributed by atoms with Gasteiger partial charge in [-0.3, -0.25) is 4.79 Å². The molecule has 1 saturated carbocycles. The van der Waals surface area contributed by atoms with Gasteiger partial charge in [-0.1, -0.05) is 32.0 Å². The van der Waals surface area contributed by atoms with Crippen LogP contribution in [0.1, 0.15) is 54.6 Å². The van der Waals surface area contributed by atoms with Gasteiger partial charge >= 0.3 is 0 Å². The van der Waals surface area contributed by atoms with Crippen molar-refractivity contribution >= 4 is 22.9 Å². The number of rotatable bonds is 4. The zero-order valence-electron chi connectivity index (χ0n) is 17.3. The predicted octanol–water partition coefficient (Wildman–Crippen LogP) is 3.90. The standard InChI is InChI=1S/C23H30N2O3S/c1-14-24-21-16(11-20(28)25-15-7-5-4-6-8-15)22(2)10-9-19(27)23(3,13-26)18(22)12-17(21)29-14/h4-8,16,18-19,26-27H,9-13H2,1-3H3,(H,25,28)/t16-,18+,19-,22+,23+/m1/s1. The zero-order chi connectivity index (χ0) is 20.8. The van der Waals surface area contributed by atoms with Gasteiger partial charge in [0.25, 0.3) is 0 Å². The fraction of sp³-hybridized carbons (Fsp3) is 0.565. The van der Waals surface area contributed by atoms with Gasteiger partial charge in [-0.25, -0.2) is 4.98 Å². The summed E-state index contributed by atoms with van der Waals surface area (Å²) in [6, 6.07) is 9.52. The van der Waals surface area contributed by atoms with E-state index in [1.807, 2.05) is 44.2 Å². The third-order valence-electron chi connectivity index (χ3n) is 7.45. The van der Waals surface area contributed by atoms with Crippen LogP contribution in [0.2, 0.25) is 0 Å². The Kier molecular flexibility index (Phi) is 5.30. The van der Waals surface area contributed by atoms with E-state index in [0.717, 1.165) is 29.2 Å². The monoisotopic (exact) mass is 414 g/mol. The average Bonchev–Trinajstić information content (AvgIpc) is 3.07. The molecule has 4 rings (SSSR count). The molecule has 1 aromatic carbocycles. The highest BCUT2D eigenvalue weighted by Gasteiger charge is 2.59. The summed E-state index contributed by atoms with van der Waals surface area (Å²) in [6.07, 6.45) is 2.10. The number of carbonyl (C=O) groups is 1. The van der Waals surface area contributed by atoms with Crippen molar-refractivity contribution in [3.63, 3.8) is 0 Å². The maximum Gasteiger partial charge on any atom is 0.225 e. The maximum absolute atomic E-state index is 13.0. The van der Waals surface area contributed by atoms with Gasteiger partial charge in [0.2, 0.25) is 5.91 Å². The first-order valence-corrected chi connectivity index (χ1v) is 11.2. The molecule has 5 atom stereocenters. The second kappa shape index (κ2) is 7.49. The smallest absolute Gasteiger partial charge is 0.225 e. The van der Waals surface area contributed by atoms with Crippen molar-refractivity contribution in [2.75, 3.05) is 11.9 Å². The number of nitrogens with one attached hydrogen (secondary N) is 1. The van der Waals surface area contributed by atoms with Gasteiger partial charge in [-0.05, 0) is 49.7 Å². The van der Waals surface area contributed by atoms with Crippen molar-refractivity contribution in [2.24, 2.45) is 16.7 Å². The van der Waals surface area contributed by atoms with E-state index in [1.165, 1.54) is 4.88 Å². The molecule has 156 valence electrons. The lowest BCUT2D eigenvalue weighted by Gasteiger charge is -2.58. The van der Waals surface area contributed by atoms with E-state index in [9.17, 15) is 15.0 Å². The van der Waals surface area contributed by atoms with Gasteiger partial charge in [0.1, 0.15) is 0 Å². The molecule has 0 saturated heterocycles. The molecule has 29 heavy (non-hydrogen) atoms. The Labute approximate surface area is 176 Å². The highest BCUT2D eigenvalue weighted by atomic mass is 32.1. The molecule has 0 spiro atoms. The molecule has 1 heterocycles. The minimum Gasteiger partial charge on any atom is -0.396 e. The van der Waals surface area contributed by atoms with E-state index < -0.39 is 11.5 Å². The summed E-state index contributed by atoms with van der Waals surface area (Å²) in [4.78, 5) is 19.0. The van der Waals surface area contributed by atoms with Crippen molar-refractivity contribution in [2.45, 2.75) is 58.5 Å². The first-order chi connectivity index (χ1) is 13.8. The lowest BCUT2D eigenvalue weighted by molar-refractivity contribution is -0.143. The topological polar surface area (TPSA) is 82.5 Å². The number of fused-ring (bicyclic) bond motifs is 2. The second-order valence-corrected chi connectivity index (χ2v) is 10.5.